The molecule has 0 aliphatic carbocycles. The van der Waals surface area contributed by atoms with Crippen LogP contribution < -0.4 is 5.32 Å². The highest BCUT2D eigenvalue weighted by Crippen LogP contribution is 2.08. The SMILES string of the molecule is c1nncn1CC1CCCCN1. The van der Waals surface area contributed by atoms with Gasteiger partial charge in [0.05, 0.1) is 0 Å². The molecule has 1 N–H and O–H groups in total. The highest BCUT2D eigenvalue weighted by atomic mass is 15.2. The highest BCUT2D eigenvalue weighted by Gasteiger charge is 2.12. The van der Waals surface area contributed by atoms with E-state index >= 15 is 0 Å². The van der Waals surface area contributed by atoms with Crippen LogP contribution in [0.15, 0.2) is 12.7 Å². The van der Waals surface area contributed by atoms with Crippen LogP contribution in [0.3, 0.4) is 0 Å². The van der Waals surface area contributed by atoms with Crippen LogP contribution >= 0.6 is 0 Å². The number of rotatable bonds is 2. The third-order valence-electron chi connectivity index (χ3n) is 2.31. The molecule has 1 atom stereocenters. The maximum absolute atomic E-state index is 3.77. The molecule has 2 heterocycles. The molecule has 1 aliphatic rings. The summed E-state index contributed by atoms with van der Waals surface area (Å²) < 4.78 is 2.03. The number of nitrogens with zero attached hydrogens (tertiary/aromatic N) is 3. The summed E-state index contributed by atoms with van der Waals surface area (Å²) in [5.41, 5.74) is 0. The third-order valence-corrected chi connectivity index (χ3v) is 2.31. The van der Waals surface area contributed by atoms with Crippen molar-refractivity contribution >= 4 is 0 Å². The summed E-state index contributed by atoms with van der Waals surface area (Å²) in [5, 5.41) is 11.0. The summed E-state index contributed by atoms with van der Waals surface area (Å²) in [6, 6.07) is 0.620. The Morgan fingerprint density at radius 3 is 2.83 bits per heavy atom. The first-order valence-corrected chi connectivity index (χ1v) is 4.51. The predicted molar refractivity (Wildman–Crippen MR) is 45.7 cm³/mol. The van der Waals surface area contributed by atoms with Crippen LogP contribution in [0.25, 0.3) is 0 Å². The van der Waals surface area contributed by atoms with Crippen molar-refractivity contribution in [3.8, 4) is 0 Å². The zero-order valence-electron chi connectivity index (χ0n) is 7.11. The van der Waals surface area contributed by atoms with Crippen LogP contribution in [0.1, 0.15) is 19.3 Å². The molecule has 0 amide bonds. The average Bonchev–Trinajstić information content (AvgIpc) is 2.59. The standard InChI is InChI=1S/C8H14N4/c1-2-4-9-8(3-1)5-12-6-10-11-7-12/h6-9H,1-5H2. The first kappa shape index (κ1) is 7.73. The zero-order valence-corrected chi connectivity index (χ0v) is 7.11. The van der Waals surface area contributed by atoms with Crippen molar-refractivity contribution in [3.05, 3.63) is 12.7 Å². The summed E-state index contributed by atoms with van der Waals surface area (Å²) >= 11 is 0. The van der Waals surface area contributed by atoms with Crippen LogP contribution in [0.5, 0.6) is 0 Å². The Kier molecular flexibility index (Phi) is 2.36. The van der Waals surface area contributed by atoms with Gasteiger partial charge in [0.2, 0.25) is 0 Å². The molecule has 1 fully saturated rings. The molecule has 4 heteroatoms. The van der Waals surface area contributed by atoms with E-state index in [0.717, 1.165) is 13.1 Å². The largest absolute Gasteiger partial charge is 0.319 e. The normalized spacial score (nSPS) is 24.2. The van der Waals surface area contributed by atoms with Gasteiger partial charge in [-0.3, -0.25) is 0 Å². The van der Waals surface area contributed by atoms with Crippen molar-refractivity contribution in [2.45, 2.75) is 31.8 Å². The van der Waals surface area contributed by atoms with Crippen LogP contribution in [0, 0.1) is 0 Å². The van der Waals surface area contributed by atoms with E-state index in [1.54, 1.807) is 12.7 Å². The second-order valence-electron chi connectivity index (χ2n) is 3.31. The Bertz CT molecular complexity index is 213. The fraction of sp³-hybridized carbons (Fsp3) is 0.750. The van der Waals surface area contributed by atoms with Gasteiger partial charge in [-0.2, -0.15) is 0 Å². The lowest BCUT2D eigenvalue weighted by Gasteiger charge is -2.23. The van der Waals surface area contributed by atoms with Crippen molar-refractivity contribution in [1.29, 1.82) is 0 Å². The number of aromatic nitrogens is 3. The van der Waals surface area contributed by atoms with Gasteiger partial charge in [-0.05, 0) is 19.4 Å². The summed E-state index contributed by atoms with van der Waals surface area (Å²) in [6.07, 6.45) is 7.49. The minimum absolute atomic E-state index is 0.620. The molecule has 1 saturated heterocycles. The molecular weight excluding hydrogens is 152 g/mol. The molecule has 1 unspecified atom stereocenters. The molecule has 1 aromatic heterocycles. The van der Waals surface area contributed by atoms with Gasteiger partial charge in [-0.15, -0.1) is 10.2 Å². The Morgan fingerprint density at radius 1 is 1.33 bits per heavy atom. The molecular formula is C8H14N4. The van der Waals surface area contributed by atoms with E-state index in [1.165, 1.54) is 19.3 Å². The average molecular weight is 166 g/mol. The van der Waals surface area contributed by atoms with Gasteiger partial charge in [0, 0.05) is 12.6 Å². The van der Waals surface area contributed by atoms with Crippen molar-refractivity contribution in [1.82, 2.24) is 20.1 Å². The fourth-order valence-corrected chi connectivity index (χ4v) is 1.65. The van der Waals surface area contributed by atoms with Gasteiger partial charge in [-0.25, -0.2) is 0 Å². The highest BCUT2D eigenvalue weighted by molar-refractivity contribution is 4.74. The monoisotopic (exact) mass is 166 g/mol. The number of nitrogens with one attached hydrogen (secondary N) is 1. The van der Waals surface area contributed by atoms with E-state index in [4.69, 9.17) is 0 Å². The van der Waals surface area contributed by atoms with Gasteiger partial charge < -0.3 is 9.88 Å². The molecule has 66 valence electrons. The third kappa shape index (κ3) is 1.82. The quantitative estimate of drug-likeness (QED) is 0.692. The number of hydrogen-bond acceptors (Lipinski definition) is 3. The van der Waals surface area contributed by atoms with Crippen molar-refractivity contribution < 1.29 is 0 Å². The predicted octanol–water partition coefficient (Wildman–Crippen LogP) is 0.420. The Balaban J connectivity index is 1.86. The molecule has 4 nitrogen and oxygen atoms in total. The number of hydrogen-bond donors (Lipinski definition) is 1. The maximum atomic E-state index is 3.77. The lowest BCUT2D eigenvalue weighted by molar-refractivity contribution is 0.362. The minimum Gasteiger partial charge on any atom is -0.319 e. The fourth-order valence-electron chi connectivity index (χ4n) is 1.65. The van der Waals surface area contributed by atoms with Crippen LogP contribution in [0.2, 0.25) is 0 Å². The Hall–Kier alpha value is -0.900. The van der Waals surface area contributed by atoms with E-state index < -0.39 is 0 Å². The second kappa shape index (κ2) is 3.67. The zero-order chi connectivity index (χ0) is 8.23. The summed E-state index contributed by atoms with van der Waals surface area (Å²) in [6.45, 7) is 2.17. The Morgan fingerprint density at radius 2 is 2.17 bits per heavy atom. The topological polar surface area (TPSA) is 42.7 Å². The van der Waals surface area contributed by atoms with E-state index in [9.17, 15) is 0 Å². The van der Waals surface area contributed by atoms with Crippen LogP contribution in [-0.2, 0) is 6.54 Å². The van der Waals surface area contributed by atoms with Gasteiger partial charge in [-0.1, -0.05) is 6.42 Å². The van der Waals surface area contributed by atoms with E-state index in [-0.39, 0.29) is 0 Å². The van der Waals surface area contributed by atoms with E-state index in [1.807, 2.05) is 4.57 Å². The van der Waals surface area contributed by atoms with Crippen molar-refractivity contribution in [2.75, 3.05) is 6.54 Å². The van der Waals surface area contributed by atoms with E-state index in [0.29, 0.717) is 6.04 Å². The smallest absolute Gasteiger partial charge is 0.119 e. The molecule has 0 spiro atoms. The summed E-state index contributed by atoms with van der Waals surface area (Å²) in [4.78, 5) is 0. The van der Waals surface area contributed by atoms with Gasteiger partial charge in [0.15, 0.2) is 0 Å². The lowest BCUT2D eigenvalue weighted by Crippen LogP contribution is -2.37. The summed E-state index contributed by atoms with van der Waals surface area (Å²) in [7, 11) is 0. The molecule has 0 radical (unpaired) electrons. The second-order valence-corrected chi connectivity index (χ2v) is 3.31. The lowest BCUT2D eigenvalue weighted by atomic mass is 10.1. The van der Waals surface area contributed by atoms with Gasteiger partial charge >= 0.3 is 0 Å². The van der Waals surface area contributed by atoms with Crippen LogP contribution in [-0.4, -0.2) is 27.4 Å². The molecule has 2 rings (SSSR count). The first-order valence-electron chi connectivity index (χ1n) is 4.51. The molecule has 0 bridgehead atoms. The van der Waals surface area contributed by atoms with Crippen LogP contribution in [0.4, 0.5) is 0 Å². The van der Waals surface area contributed by atoms with Crippen molar-refractivity contribution in [3.63, 3.8) is 0 Å². The Labute approximate surface area is 72.0 Å². The summed E-state index contributed by atoms with van der Waals surface area (Å²) in [5.74, 6) is 0. The molecule has 0 saturated carbocycles. The van der Waals surface area contributed by atoms with Gasteiger partial charge in [0.25, 0.3) is 0 Å². The van der Waals surface area contributed by atoms with Crippen molar-refractivity contribution in [2.24, 2.45) is 0 Å². The molecule has 0 aromatic carbocycles. The first-order chi connectivity index (χ1) is 5.95. The maximum Gasteiger partial charge on any atom is 0.119 e. The van der Waals surface area contributed by atoms with E-state index in [2.05, 4.69) is 15.5 Å². The molecule has 1 aliphatic heterocycles. The molecule has 1 aromatic rings. The minimum atomic E-state index is 0.620. The number of piperidine rings is 1. The molecule has 12 heavy (non-hydrogen) atoms. The van der Waals surface area contributed by atoms with Gasteiger partial charge in [0.1, 0.15) is 12.7 Å².